The van der Waals surface area contributed by atoms with E-state index in [2.05, 4.69) is 30.8 Å². The summed E-state index contributed by atoms with van der Waals surface area (Å²) in [6.45, 7) is 2.00. The highest BCUT2D eigenvalue weighted by molar-refractivity contribution is 7.17. The molecule has 2 heterocycles. The van der Waals surface area contributed by atoms with Crippen LogP contribution in [0, 0.1) is 6.92 Å². The standard InChI is InChI=1S/C27H27FN6O2S/c1-17-7-8-21(31-25(35)20-6-4-5-18(11-20)14-28)13-22(17)32-26(36)23-15-30-27(37-23)33-24-12-19(9-10-29-24)16-34(2)3/h4-13,15H,14,16H2,1-3H3,(H,31,35)(H,32,36)(H,29,30,33). The summed E-state index contributed by atoms with van der Waals surface area (Å²) in [7, 11) is 3.99. The predicted molar refractivity (Wildman–Crippen MR) is 145 cm³/mol. The molecule has 190 valence electrons. The second kappa shape index (κ2) is 11.7. The monoisotopic (exact) mass is 518 g/mol. The van der Waals surface area contributed by atoms with Crippen LogP contribution < -0.4 is 16.0 Å². The first kappa shape index (κ1) is 25.9. The minimum absolute atomic E-state index is 0.318. The molecule has 0 saturated heterocycles. The van der Waals surface area contributed by atoms with Gasteiger partial charge in [-0.2, -0.15) is 0 Å². The van der Waals surface area contributed by atoms with E-state index in [-0.39, 0.29) is 11.8 Å². The van der Waals surface area contributed by atoms with Crippen LogP contribution in [-0.4, -0.2) is 40.8 Å². The number of benzene rings is 2. The molecular formula is C27H27FN6O2S. The van der Waals surface area contributed by atoms with E-state index in [9.17, 15) is 14.0 Å². The normalized spacial score (nSPS) is 10.8. The van der Waals surface area contributed by atoms with E-state index < -0.39 is 6.67 Å². The van der Waals surface area contributed by atoms with Crippen LogP contribution >= 0.6 is 11.3 Å². The molecule has 0 radical (unpaired) electrons. The lowest BCUT2D eigenvalue weighted by atomic mass is 10.1. The number of carbonyl (C=O) groups is 2. The molecule has 0 aliphatic rings. The highest BCUT2D eigenvalue weighted by Crippen LogP contribution is 2.25. The number of rotatable bonds is 9. The molecule has 2 amide bonds. The van der Waals surface area contributed by atoms with Crippen molar-refractivity contribution in [1.29, 1.82) is 0 Å². The van der Waals surface area contributed by atoms with Gasteiger partial charge in [0.2, 0.25) is 0 Å². The van der Waals surface area contributed by atoms with Crippen molar-refractivity contribution in [3.8, 4) is 0 Å². The molecule has 4 rings (SSSR count). The first-order valence-corrected chi connectivity index (χ1v) is 12.3. The quantitative estimate of drug-likeness (QED) is 0.266. The number of hydrogen-bond acceptors (Lipinski definition) is 7. The minimum Gasteiger partial charge on any atom is -0.322 e. The van der Waals surface area contributed by atoms with Gasteiger partial charge in [0.15, 0.2) is 5.13 Å². The number of anilines is 4. The Labute approximate surface area is 218 Å². The fourth-order valence-corrected chi connectivity index (χ4v) is 4.29. The van der Waals surface area contributed by atoms with Crippen LogP contribution in [0.3, 0.4) is 0 Å². The molecule has 0 spiro atoms. The molecule has 0 aliphatic carbocycles. The fraction of sp³-hybridized carbons (Fsp3) is 0.185. The second-order valence-corrected chi connectivity index (χ2v) is 9.74. The van der Waals surface area contributed by atoms with Crippen LogP contribution in [0.15, 0.2) is 67.0 Å². The Morgan fingerprint density at radius 2 is 1.81 bits per heavy atom. The third-order valence-corrected chi connectivity index (χ3v) is 6.29. The van der Waals surface area contributed by atoms with Gasteiger partial charge in [0.25, 0.3) is 11.8 Å². The molecule has 8 nitrogen and oxygen atoms in total. The van der Waals surface area contributed by atoms with Gasteiger partial charge in [-0.15, -0.1) is 0 Å². The van der Waals surface area contributed by atoms with Gasteiger partial charge in [-0.05, 0) is 74.1 Å². The maximum absolute atomic E-state index is 12.9. The number of nitrogens with one attached hydrogen (secondary N) is 3. The Bertz CT molecular complexity index is 1420. The SMILES string of the molecule is Cc1ccc(NC(=O)c2cccc(CF)c2)cc1NC(=O)c1cnc(Nc2cc(CN(C)C)ccn2)s1. The molecule has 37 heavy (non-hydrogen) atoms. The third-order valence-electron chi connectivity index (χ3n) is 5.37. The summed E-state index contributed by atoms with van der Waals surface area (Å²) in [5.41, 5.74) is 3.78. The van der Waals surface area contributed by atoms with Crippen molar-refractivity contribution >= 4 is 45.5 Å². The average Bonchev–Trinajstić information content (AvgIpc) is 3.34. The van der Waals surface area contributed by atoms with Crippen LogP contribution in [0.25, 0.3) is 0 Å². The smallest absolute Gasteiger partial charge is 0.267 e. The summed E-state index contributed by atoms with van der Waals surface area (Å²) in [6, 6.07) is 15.5. The van der Waals surface area contributed by atoms with E-state index in [0.29, 0.717) is 38.3 Å². The van der Waals surface area contributed by atoms with E-state index in [1.54, 1.807) is 42.6 Å². The highest BCUT2D eigenvalue weighted by Gasteiger charge is 2.14. The zero-order valence-electron chi connectivity index (χ0n) is 20.7. The van der Waals surface area contributed by atoms with Crippen molar-refractivity contribution in [3.63, 3.8) is 0 Å². The number of aryl methyl sites for hydroxylation is 1. The highest BCUT2D eigenvalue weighted by atomic mass is 32.1. The molecule has 3 N–H and O–H groups in total. The number of alkyl halides is 1. The number of halogens is 1. The van der Waals surface area contributed by atoms with Gasteiger partial charge < -0.3 is 20.9 Å². The first-order valence-electron chi connectivity index (χ1n) is 11.5. The van der Waals surface area contributed by atoms with Gasteiger partial charge in [-0.1, -0.05) is 29.5 Å². The fourth-order valence-electron chi connectivity index (χ4n) is 3.57. The second-order valence-electron chi connectivity index (χ2n) is 8.71. The molecule has 2 aromatic carbocycles. The van der Waals surface area contributed by atoms with Crippen LogP contribution in [0.2, 0.25) is 0 Å². The number of carbonyl (C=O) groups excluding carboxylic acids is 2. The molecule has 2 aromatic heterocycles. The maximum Gasteiger partial charge on any atom is 0.267 e. The van der Waals surface area contributed by atoms with E-state index in [4.69, 9.17) is 0 Å². The Morgan fingerprint density at radius 1 is 0.973 bits per heavy atom. The average molecular weight is 519 g/mol. The van der Waals surface area contributed by atoms with Crippen molar-refractivity contribution in [2.75, 3.05) is 30.0 Å². The molecule has 0 unspecified atom stereocenters. The number of aromatic nitrogens is 2. The molecule has 0 aliphatic heterocycles. The van der Waals surface area contributed by atoms with Crippen LogP contribution in [0.4, 0.5) is 26.7 Å². The van der Waals surface area contributed by atoms with E-state index in [1.807, 2.05) is 33.2 Å². The van der Waals surface area contributed by atoms with Crippen LogP contribution in [0.1, 0.15) is 36.7 Å². The minimum atomic E-state index is -0.643. The van der Waals surface area contributed by atoms with Gasteiger partial charge >= 0.3 is 0 Å². The van der Waals surface area contributed by atoms with E-state index in [1.165, 1.54) is 23.6 Å². The zero-order valence-corrected chi connectivity index (χ0v) is 21.5. The Balaban J connectivity index is 1.42. The number of pyridine rings is 1. The molecular weight excluding hydrogens is 491 g/mol. The van der Waals surface area contributed by atoms with Crippen molar-refractivity contribution in [2.45, 2.75) is 20.1 Å². The van der Waals surface area contributed by atoms with Gasteiger partial charge in [-0.25, -0.2) is 14.4 Å². The van der Waals surface area contributed by atoms with E-state index >= 15 is 0 Å². The number of nitrogens with zero attached hydrogens (tertiary/aromatic N) is 3. The molecule has 4 aromatic rings. The van der Waals surface area contributed by atoms with Gasteiger partial charge in [0.05, 0.1) is 6.20 Å². The van der Waals surface area contributed by atoms with Crippen LogP contribution in [0.5, 0.6) is 0 Å². The summed E-state index contributed by atoms with van der Waals surface area (Å²) in [6.07, 6.45) is 3.24. The number of thiazole rings is 1. The summed E-state index contributed by atoms with van der Waals surface area (Å²) in [5.74, 6) is -0.0306. The predicted octanol–water partition coefficient (Wildman–Crippen LogP) is 5.63. The summed E-state index contributed by atoms with van der Waals surface area (Å²) in [4.78, 5) is 36.6. The summed E-state index contributed by atoms with van der Waals surface area (Å²) >= 11 is 1.21. The lowest BCUT2D eigenvalue weighted by molar-refractivity contribution is 0.102. The molecule has 0 saturated carbocycles. The maximum atomic E-state index is 12.9. The van der Waals surface area contributed by atoms with Crippen molar-refractivity contribution < 1.29 is 14.0 Å². The number of amides is 2. The topological polar surface area (TPSA) is 99.2 Å². The Kier molecular flexibility index (Phi) is 8.22. The Hall–Kier alpha value is -4.15. The zero-order chi connectivity index (χ0) is 26.4. The lowest BCUT2D eigenvalue weighted by Crippen LogP contribution is -2.14. The Morgan fingerprint density at radius 3 is 2.59 bits per heavy atom. The van der Waals surface area contributed by atoms with Crippen LogP contribution in [-0.2, 0) is 13.2 Å². The molecule has 0 atom stereocenters. The molecule has 10 heteroatoms. The van der Waals surface area contributed by atoms with Gasteiger partial charge in [0, 0.05) is 29.7 Å². The molecule has 0 fully saturated rings. The first-order chi connectivity index (χ1) is 17.8. The van der Waals surface area contributed by atoms with Crippen molar-refractivity contribution in [3.05, 3.63) is 94.1 Å². The summed E-state index contributed by atoms with van der Waals surface area (Å²) in [5, 5.41) is 9.38. The number of hydrogen-bond donors (Lipinski definition) is 3. The van der Waals surface area contributed by atoms with E-state index in [0.717, 1.165) is 17.7 Å². The molecule has 0 bridgehead atoms. The van der Waals surface area contributed by atoms with Gasteiger partial charge in [-0.3, -0.25) is 9.59 Å². The van der Waals surface area contributed by atoms with Crippen molar-refractivity contribution in [2.24, 2.45) is 0 Å². The van der Waals surface area contributed by atoms with Gasteiger partial charge in [0.1, 0.15) is 17.4 Å². The summed E-state index contributed by atoms with van der Waals surface area (Å²) < 4.78 is 12.9. The lowest BCUT2D eigenvalue weighted by Gasteiger charge is -2.11. The largest absolute Gasteiger partial charge is 0.322 e. The van der Waals surface area contributed by atoms with Crippen molar-refractivity contribution in [1.82, 2.24) is 14.9 Å². The third kappa shape index (κ3) is 6.96.